The highest BCUT2D eigenvalue weighted by molar-refractivity contribution is 6.05. The number of H-pyrrole nitrogens is 1. The van der Waals surface area contributed by atoms with Gasteiger partial charge >= 0.3 is 5.97 Å². The van der Waals surface area contributed by atoms with Gasteiger partial charge in [0.1, 0.15) is 0 Å². The summed E-state index contributed by atoms with van der Waals surface area (Å²) in [6, 6.07) is 9.23. The van der Waals surface area contributed by atoms with Crippen LogP contribution in [0.3, 0.4) is 0 Å². The van der Waals surface area contributed by atoms with Gasteiger partial charge in [-0.1, -0.05) is 6.07 Å². The van der Waals surface area contributed by atoms with Crippen molar-refractivity contribution in [3.05, 3.63) is 69.8 Å². The molecule has 0 radical (unpaired) electrons. The van der Waals surface area contributed by atoms with Crippen LogP contribution in [0.1, 0.15) is 26.4 Å². The highest BCUT2D eigenvalue weighted by Crippen LogP contribution is 2.16. The molecule has 0 atom stereocenters. The molecule has 2 N–H and O–H groups in total. The molecule has 9 nitrogen and oxygen atoms in total. The Labute approximate surface area is 147 Å². The van der Waals surface area contributed by atoms with Gasteiger partial charge in [-0.05, 0) is 31.2 Å². The lowest BCUT2D eigenvalue weighted by molar-refractivity contribution is 0.0600. The molecule has 0 saturated carbocycles. The Bertz CT molecular complexity index is 1020. The van der Waals surface area contributed by atoms with E-state index in [1.807, 2.05) is 0 Å². The van der Waals surface area contributed by atoms with E-state index in [-0.39, 0.29) is 11.5 Å². The second kappa shape index (κ2) is 7.01. The van der Waals surface area contributed by atoms with Gasteiger partial charge in [-0.3, -0.25) is 9.59 Å². The van der Waals surface area contributed by atoms with Crippen molar-refractivity contribution in [3.8, 4) is 5.82 Å². The first-order valence-electron chi connectivity index (χ1n) is 7.60. The first-order valence-corrected chi connectivity index (χ1v) is 7.60. The maximum Gasteiger partial charge on any atom is 0.337 e. The monoisotopic (exact) mass is 353 g/mol. The smallest absolute Gasteiger partial charge is 0.337 e. The average molecular weight is 353 g/mol. The molecule has 0 aliphatic carbocycles. The Balaban J connectivity index is 1.84. The standard InChI is InChI=1S/C17H15N5O4/c1-10-13(9-18-22(10)14-6-7-15(23)21-20-14)16(24)19-12-5-3-4-11(8-12)17(25)26-2/h3-9H,1-2H3,(H,19,24)(H,21,23). The van der Waals surface area contributed by atoms with Gasteiger partial charge in [0.15, 0.2) is 5.82 Å². The van der Waals surface area contributed by atoms with Crippen molar-refractivity contribution in [2.24, 2.45) is 0 Å². The largest absolute Gasteiger partial charge is 0.465 e. The molecule has 0 aliphatic rings. The van der Waals surface area contributed by atoms with Crippen molar-refractivity contribution < 1.29 is 14.3 Å². The normalized spacial score (nSPS) is 10.4. The van der Waals surface area contributed by atoms with Crippen molar-refractivity contribution in [1.82, 2.24) is 20.0 Å². The van der Waals surface area contributed by atoms with Gasteiger partial charge in [0.2, 0.25) is 0 Å². The predicted octanol–water partition coefficient (Wildman–Crippen LogP) is 1.30. The third-order valence-electron chi connectivity index (χ3n) is 3.68. The van der Waals surface area contributed by atoms with Crippen LogP contribution in [-0.4, -0.2) is 39.0 Å². The highest BCUT2D eigenvalue weighted by Gasteiger charge is 2.16. The quantitative estimate of drug-likeness (QED) is 0.683. The first-order chi connectivity index (χ1) is 12.5. The molecule has 132 valence electrons. The molecule has 9 heteroatoms. The number of carbonyl (C=O) groups excluding carboxylic acids is 2. The van der Waals surface area contributed by atoms with Crippen molar-refractivity contribution in [2.45, 2.75) is 6.92 Å². The zero-order valence-electron chi connectivity index (χ0n) is 14.0. The number of amides is 1. The van der Waals surface area contributed by atoms with Crippen LogP contribution >= 0.6 is 0 Å². The molecule has 0 fully saturated rings. The number of ether oxygens (including phenoxy) is 1. The van der Waals surface area contributed by atoms with Gasteiger partial charge in [0.25, 0.3) is 11.5 Å². The molecule has 1 aromatic carbocycles. The summed E-state index contributed by atoms with van der Waals surface area (Å²) in [7, 11) is 1.29. The van der Waals surface area contributed by atoms with E-state index in [9.17, 15) is 14.4 Å². The molecule has 1 amide bonds. The van der Waals surface area contributed by atoms with E-state index in [1.165, 1.54) is 36.2 Å². The second-order valence-electron chi connectivity index (χ2n) is 5.36. The summed E-state index contributed by atoms with van der Waals surface area (Å²) in [5.74, 6) is -0.497. The SMILES string of the molecule is COC(=O)c1cccc(NC(=O)c2cnn(-c3ccc(=O)[nH]n3)c2C)c1. The average Bonchev–Trinajstić information content (AvgIpc) is 3.03. The molecule has 0 saturated heterocycles. The van der Waals surface area contributed by atoms with E-state index < -0.39 is 5.97 Å². The topological polar surface area (TPSA) is 119 Å². The number of methoxy groups -OCH3 is 1. The Morgan fingerprint density at radius 3 is 2.73 bits per heavy atom. The Morgan fingerprint density at radius 2 is 2.04 bits per heavy atom. The number of hydrogen-bond acceptors (Lipinski definition) is 6. The first kappa shape index (κ1) is 17.1. The summed E-state index contributed by atoms with van der Waals surface area (Å²) in [5, 5.41) is 13.1. The lowest BCUT2D eigenvalue weighted by Crippen LogP contribution is -2.14. The summed E-state index contributed by atoms with van der Waals surface area (Å²) in [6.07, 6.45) is 1.40. The number of anilines is 1. The summed E-state index contributed by atoms with van der Waals surface area (Å²) < 4.78 is 6.10. The number of nitrogens with zero attached hydrogens (tertiary/aromatic N) is 3. The number of aromatic nitrogens is 4. The highest BCUT2D eigenvalue weighted by atomic mass is 16.5. The van der Waals surface area contributed by atoms with Crippen molar-refractivity contribution >= 4 is 17.6 Å². The number of aromatic amines is 1. The number of carbonyl (C=O) groups is 2. The molecule has 0 bridgehead atoms. The molecule has 3 aromatic rings. The van der Waals surface area contributed by atoms with Crippen LogP contribution < -0.4 is 10.9 Å². The van der Waals surface area contributed by atoms with E-state index in [2.05, 4.69) is 25.3 Å². The van der Waals surface area contributed by atoms with Crippen molar-refractivity contribution in [2.75, 3.05) is 12.4 Å². The van der Waals surface area contributed by atoms with E-state index in [0.717, 1.165) is 0 Å². The Morgan fingerprint density at radius 1 is 1.23 bits per heavy atom. The maximum atomic E-state index is 12.5. The molecule has 0 unspecified atom stereocenters. The third-order valence-corrected chi connectivity index (χ3v) is 3.68. The molecule has 2 aromatic heterocycles. The van der Waals surface area contributed by atoms with Gasteiger partial charge in [-0.2, -0.15) is 10.2 Å². The molecule has 3 rings (SSSR count). The Kier molecular flexibility index (Phi) is 4.61. The fourth-order valence-electron chi connectivity index (χ4n) is 2.36. The minimum atomic E-state index is -0.491. The summed E-state index contributed by atoms with van der Waals surface area (Å²) >= 11 is 0. The van der Waals surface area contributed by atoms with Crippen LogP contribution in [0.25, 0.3) is 5.82 Å². The van der Waals surface area contributed by atoms with Gasteiger partial charge in [-0.25, -0.2) is 14.6 Å². The second-order valence-corrected chi connectivity index (χ2v) is 5.36. The van der Waals surface area contributed by atoms with Gasteiger partial charge < -0.3 is 10.1 Å². The van der Waals surface area contributed by atoms with Crippen LogP contribution in [-0.2, 0) is 4.74 Å². The minimum Gasteiger partial charge on any atom is -0.465 e. The van der Waals surface area contributed by atoms with Crippen LogP contribution in [0.4, 0.5) is 5.69 Å². The molecule has 0 aliphatic heterocycles. The lowest BCUT2D eigenvalue weighted by Gasteiger charge is -2.07. The van der Waals surface area contributed by atoms with E-state index in [4.69, 9.17) is 0 Å². The van der Waals surface area contributed by atoms with E-state index in [1.54, 1.807) is 25.1 Å². The summed E-state index contributed by atoms with van der Waals surface area (Å²) in [4.78, 5) is 35.2. The van der Waals surface area contributed by atoms with Crippen LogP contribution in [0.2, 0.25) is 0 Å². The maximum absolute atomic E-state index is 12.5. The zero-order valence-corrected chi connectivity index (χ0v) is 14.0. The summed E-state index contributed by atoms with van der Waals surface area (Å²) in [5.41, 5.74) is 1.33. The minimum absolute atomic E-state index is 0.329. The van der Waals surface area contributed by atoms with Crippen LogP contribution in [0, 0.1) is 6.92 Å². The van der Waals surface area contributed by atoms with Gasteiger partial charge in [0.05, 0.1) is 30.1 Å². The van der Waals surface area contributed by atoms with Crippen molar-refractivity contribution in [1.29, 1.82) is 0 Å². The Hall–Kier alpha value is -3.75. The number of esters is 1. The number of benzene rings is 1. The summed E-state index contributed by atoms with van der Waals surface area (Å²) in [6.45, 7) is 1.71. The molecular formula is C17H15N5O4. The molecule has 26 heavy (non-hydrogen) atoms. The van der Waals surface area contributed by atoms with Gasteiger partial charge in [-0.15, -0.1) is 0 Å². The molecule has 2 heterocycles. The number of nitrogens with one attached hydrogen (secondary N) is 2. The predicted molar refractivity (Wildman–Crippen MR) is 92.5 cm³/mol. The fourth-order valence-corrected chi connectivity index (χ4v) is 2.36. The van der Waals surface area contributed by atoms with Crippen LogP contribution in [0.5, 0.6) is 0 Å². The number of rotatable bonds is 4. The van der Waals surface area contributed by atoms with Crippen LogP contribution in [0.15, 0.2) is 47.4 Å². The van der Waals surface area contributed by atoms with Crippen molar-refractivity contribution in [3.63, 3.8) is 0 Å². The fraction of sp³-hybridized carbons (Fsp3) is 0.118. The lowest BCUT2D eigenvalue weighted by atomic mass is 10.2. The number of hydrogen-bond donors (Lipinski definition) is 2. The molecular weight excluding hydrogens is 338 g/mol. The third kappa shape index (κ3) is 3.36. The van der Waals surface area contributed by atoms with E-state index in [0.29, 0.717) is 28.3 Å². The van der Waals surface area contributed by atoms with Gasteiger partial charge in [0, 0.05) is 11.8 Å². The van der Waals surface area contributed by atoms with E-state index >= 15 is 0 Å². The molecule has 0 spiro atoms. The zero-order chi connectivity index (χ0) is 18.7.